The zero-order valence-corrected chi connectivity index (χ0v) is 15.0. The molecule has 3 rings (SSSR count). The largest absolute Gasteiger partial charge is 0.503 e. The average Bonchev–Trinajstić information content (AvgIpc) is 2.87. The van der Waals surface area contributed by atoms with Crippen molar-refractivity contribution in [3.05, 3.63) is 74.1 Å². The van der Waals surface area contributed by atoms with Crippen molar-refractivity contribution >= 4 is 39.1 Å². The van der Waals surface area contributed by atoms with Crippen LogP contribution in [-0.4, -0.2) is 26.7 Å². The number of aromatic nitrogens is 1. The van der Waals surface area contributed by atoms with Gasteiger partial charge < -0.3 is 5.11 Å². The van der Waals surface area contributed by atoms with Crippen molar-refractivity contribution in [1.82, 2.24) is 4.98 Å². The molecule has 2 heterocycles. The molecular weight excluding hydrogens is 406 g/mol. The number of anilines is 1. The lowest BCUT2D eigenvalue weighted by Gasteiger charge is -2.25. The molecule has 1 N–H and O–H groups in total. The molecule has 0 unspecified atom stereocenters. The summed E-state index contributed by atoms with van der Waals surface area (Å²) in [6.45, 7) is 1.19. The van der Waals surface area contributed by atoms with Crippen LogP contribution in [0.15, 0.2) is 58.4 Å². The Bertz CT molecular complexity index is 955. The van der Waals surface area contributed by atoms with Gasteiger partial charge in [0.2, 0.25) is 0 Å². The molecule has 1 amide bonds. The molecule has 9 heteroatoms. The molecule has 0 aliphatic carbocycles. The number of aliphatic hydroxyl groups is 1. The molecule has 1 aliphatic heterocycles. The number of nitro benzene ring substituents is 1. The van der Waals surface area contributed by atoms with Crippen LogP contribution in [0.2, 0.25) is 0 Å². The molecule has 1 aliphatic rings. The minimum absolute atomic E-state index is 0.116. The van der Waals surface area contributed by atoms with Crippen LogP contribution in [0.5, 0.6) is 0 Å². The highest BCUT2D eigenvalue weighted by molar-refractivity contribution is 9.10. The molecule has 0 saturated heterocycles. The third kappa shape index (κ3) is 2.86. The van der Waals surface area contributed by atoms with Crippen molar-refractivity contribution in [2.45, 2.75) is 13.0 Å². The maximum atomic E-state index is 12.6. The summed E-state index contributed by atoms with van der Waals surface area (Å²) in [5.74, 6) is -1.97. The van der Waals surface area contributed by atoms with Crippen LogP contribution in [-0.2, 0) is 9.59 Å². The van der Waals surface area contributed by atoms with E-state index in [4.69, 9.17) is 0 Å². The molecule has 1 aromatic carbocycles. The molecule has 0 spiro atoms. The maximum absolute atomic E-state index is 12.6. The number of rotatable bonds is 4. The molecule has 26 heavy (non-hydrogen) atoms. The Kier molecular flexibility index (Phi) is 4.56. The molecule has 0 bridgehead atoms. The Morgan fingerprint density at radius 3 is 2.58 bits per heavy atom. The second-order valence-electron chi connectivity index (χ2n) is 5.55. The highest BCUT2D eigenvalue weighted by atomic mass is 79.9. The van der Waals surface area contributed by atoms with Gasteiger partial charge in [-0.2, -0.15) is 0 Å². The van der Waals surface area contributed by atoms with Gasteiger partial charge in [-0.25, -0.2) is 4.98 Å². The molecule has 1 aromatic heterocycles. The Morgan fingerprint density at radius 2 is 2.00 bits per heavy atom. The Balaban J connectivity index is 2.25. The fourth-order valence-corrected chi connectivity index (χ4v) is 3.13. The summed E-state index contributed by atoms with van der Waals surface area (Å²) in [4.78, 5) is 40.8. The first-order valence-electron chi connectivity index (χ1n) is 7.45. The molecule has 0 saturated carbocycles. The number of nitro groups is 1. The van der Waals surface area contributed by atoms with Crippen LogP contribution in [0, 0.1) is 10.1 Å². The Hall–Kier alpha value is -3.07. The summed E-state index contributed by atoms with van der Waals surface area (Å²) in [6.07, 6.45) is 1.45. The number of pyridine rings is 1. The maximum Gasteiger partial charge on any atom is 0.295 e. The highest BCUT2D eigenvalue weighted by Crippen LogP contribution is 2.43. The van der Waals surface area contributed by atoms with E-state index in [2.05, 4.69) is 20.9 Å². The van der Waals surface area contributed by atoms with Gasteiger partial charge in [-0.1, -0.05) is 12.1 Å². The number of benzene rings is 1. The summed E-state index contributed by atoms with van der Waals surface area (Å²) in [5.41, 5.74) is -0.348. The van der Waals surface area contributed by atoms with E-state index in [1.54, 1.807) is 12.1 Å². The van der Waals surface area contributed by atoms with E-state index in [9.17, 15) is 24.8 Å². The normalized spacial score (nSPS) is 16.9. The van der Waals surface area contributed by atoms with E-state index in [0.717, 1.165) is 4.90 Å². The Morgan fingerprint density at radius 1 is 1.31 bits per heavy atom. The summed E-state index contributed by atoms with van der Waals surface area (Å²) in [6, 6.07) is 7.78. The summed E-state index contributed by atoms with van der Waals surface area (Å²) < 4.78 is 0.666. The highest BCUT2D eigenvalue weighted by Gasteiger charge is 2.46. The third-order valence-electron chi connectivity index (χ3n) is 3.97. The van der Waals surface area contributed by atoms with Gasteiger partial charge in [0.05, 0.1) is 16.1 Å². The standard InChI is InChI=1S/C17H12BrN3O5/c1-9(22)14-15(11-4-2-3-5-12(11)21(25)26)20(17(24)16(14)23)13-7-6-10(18)8-19-13/h2-8,15,23H,1H3/t15-/m1/s1. The molecule has 0 radical (unpaired) electrons. The lowest BCUT2D eigenvalue weighted by molar-refractivity contribution is -0.385. The SMILES string of the molecule is CC(=O)C1=C(O)C(=O)N(c2ccc(Br)cn2)[C@@H]1c1ccccc1[N+](=O)[O-]. The van der Waals surface area contributed by atoms with E-state index in [1.165, 1.54) is 37.4 Å². The van der Waals surface area contributed by atoms with Gasteiger partial charge in [-0.05, 0) is 41.1 Å². The van der Waals surface area contributed by atoms with Crippen LogP contribution in [0.1, 0.15) is 18.5 Å². The first kappa shape index (κ1) is 17.7. The number of para-hydroxylation sites is 1. The van der Waals surface area contributed by atoms with Crippen LogP contribution < -0.4 is 4.90 Å². The number of halogens is 1. The number of Topliss-reactive ketones (excluding diaryl/α,β-unsaturated/α-hetero) is 1. The van der Waals surface area contributed by atoms with Crippen molar-refractivity contribution in [1.29, 1.82) is 0 Å². The monoisotopic (exact) mass is 417 g/mol. The quantitative estimate of drug-likeness (QED) is 0.603. The third-order valence-corrected chi connectivity index (χ3v) is 4.44. The van der Waals surface area contributed by atoms with Crippen molar-refractivity contribution in [2.75, 3.05) is 4.90 Å². The van der Waals surface area contributed by atoms with E-state index in [-0.39, 0.29) is 22.6 Å². The number of ketones is 1. The van der Waals surface area contributed by atoms with Gasteiger partial charge >= 0.3 is 0 Å². The lowest BCUT2D eigenvalue weighted by atomic mass is 9.95. The number of aliphatic hydroxyl groups excluding tert-OH is 1. The molecular formula is C17H12BrN3O5. The second kappa shape index (κ2) is 6.68. The van der Waals surface area contributed by atoms with Gasteiger partial charge in [0.1, 0.15) is 11.9 Å². The van der Waals surface area contributed by atoms with Gasteiger partial charge in [-0.15, -0.1) is 0 Å². The average molecular weight is 418 g/mol. The first-order chi connectivity index (χ1) is 12.3. The number of nitrogens with zero attached hydrogens (tertiary/aromatic N) is 3. The number of carbonyl (C=O) groups excluding carboxylic acids is 2. The number of hydrogen-bond donors (Lipinski definition) is 1. The van der Waals surface area contributed by atoms with Crippen LogP contribution >= 0.6 is 15.9 Å². The van der Waals surface area contributed by atoms with Gasteiger partial charge in [0.15, 0.2) is 11.5 Å². The molecule has 1 atom stereocenters. The second-order valence-corrected chi connectivity index (χ2v) is 6.46. The van der Waals surface area contributed by atoms with Crippen molar-refractivity contribution < 1.29 is 19.6 Å². The van der Waals surface area contributed by atoms with Crippen LogP contribution in [0.25, 0.3) is 0 Å². The van der Waals surface area contributed by atoms with Crippen molar-refractivity contribution in [3.63, 3.8) is 0 Å². The minimum Gasteiger partial charge on any atom is -0.503 e. The predicted molar refractivity (Wildman–Crippen MR) is 95.6 cm³/mol. The van der Waals surface area contributed by atoms with Crippen molar-refractivity contribution in [3.8, 4) is 0 Å². The zero-order valence-electron chi connectivity index (χ0n) is 13.4. The van der Waals surface area contributed by atoms with E-state index >= 15 is 0 Å². The van der Waals surface area contributed by atoms with E-state index < -0.39 is 28.4 Å². The summed E-state index contributed by atoms with van der Waals surface area (Å²) in [5, 5.41) is 21.7. The van der Waals surface area contributed by atoms with Crippen LogP contribution in [0.4, 0.5) is 11.5 Å². The van der Waals surface area contributed by atoms with Crippen LogP contribution in [0.3, 0.4) is 0 Å². The minimum atomic E-state index is -1.14. The Labute approximate surface area is 156 Å². The number of hydrogen-bond acceptors (Lipinski definition) is 6. The molecule has 8 nitrogen and oxygen atoms in total. The first-order valence-corrected chi connectivity index (χ1v) is 8.24. The smallest absolute Gasteiger partial charge is 0.295 e. The zero-order chi connectivity index (χ0) is 19.0. The van der Waals surface area contributed by atoms with Crippen molar-refractivity contribution in [2.24, 2.45) is 0 Å². The van der Waals surface area contributed by atoms with E-state index in [0.29, 0.717) is 4.47 Å². The number of amides is 1. The van der Waals surface area contributed by atoms with Gasteiger partial charge in [-0.3, -0.25) is 24.6 Å². The fraction of sp³-hybridized carbons (Fsp3) is 0.118. The lowest BCUT2D eigenvalue weighted by Crippen LogP contribution is -2.32. The molecule has 0 fully saturated rings. The topological polar surface area (TPSA) is 114 Å². The number of carbonyl (C=O) groups is 2. The summed E-state index contributed by atoms with van der Waals surface area (Å²) in [7, 11) is 0. The van der Waals surface area contributed by atoms with E-state index in [1.807, 2.05) is 0 Å². The molecule has 2 aromatic rings. The fourth-order valence-electron chi connectivity index (χ4n) is 2.89. The van der Waals surface area contributed by atoms with Gasteiger partial charge in [0, 0.05) is 16.7 Å². The van der Waals surface area contributed by atoms with Gasteiger partial charge in [0.25, 0.3) is 11.6 Å². The predicted octanol–water partition coefficient (Wildman–Crippen LogP) is 3.24. The molecule has 132 valence electrons. The summed E-state index contributed by atoms with van der Waals surface area (Å²) >= 11 is 3.24.